The standard InChI is InChI=1S/C6H6O2.2K/c7-5-3-1-2-4-6(5)8;;/h1-4,7-8H;;. The van der Waals surface area contributed by atoms with Crippen LogP contribution in [0.2, 0.25) is 0 Å². The molecular formula is C6H6K2O2. The van der Waals surface area contributed by atoms with E-state index in [-0.39, 0.29) is 114 Å². The van der Waals surface area contributed by atoms with E-state index in [1.54, 1.807) is 12.1 Å². The minimum atomic E-state index is -0.0764. The van der Waals surface area contributed by atoms with E-state index in [0.717, 1.165) is 0 Å². The van der Waals surface area contributed by atoms with E-state index in [9.17, 15) is 0 Å². The van der Waals surface area contributed by atoms with E-state index in [1.807, 2.05) is 0 Å². The molecule has 1 aromatic carbocycles. The predicted octanol–water partition coefficient (Wildman–Crippen LogP) is 0.336. The topological polar surface area (TPSA) is 40.5 Å². The van der Waals surface area contributed by atoms with Crippen molar-refractivity contribution in [1.29, 1.82) is 0 Å². The van der Waals surface area contributed by atoms with Crippen molar-refractivity contribution in [2.45, 2.75) is 0 Å². The maximum Gasteiger partial charge on any atom is 0.157 e. The average molecular weight is 188 g/mol. The van der Waals surface area contributed by atoms with Crippen LogP contribution in [-0.4, -0.2) is 113 Å². The van der Waals surface area contributed by atoms with Gasteiger partial charge >= 0.3 is 0 Å². The van der Waals surface area contributed by atoms with Crippen LogP contribution in [0.15, 0.2) is 24.3 Å². The summed E-state index contributed by atoms with van der Waals surface area (Å²) in [7, 11) is 0. The summed E-state index contributed by atoms with van der Waals surface area (Å²) < 4.78 is 0. The molecule has 0 spiro atoms. The zero-order valence-corrected chi connectivity index (χ0v) is 12.5. The van der Waals surface area contributed by atoms with Crippen LogP contribution >= 0.6 is 0 Å². The van der Waals surface area contributed by atoms with Crippen LogP contribution < -0.4 is 0 Å². The van der Waals surface area contributed by atoms with Gasteiger partial charge in [-0.25, -0.2) is 0 Å². The summed E-state index contributed by atoms with van der Waals surface area (Å²) in [5.74, 6) is -0.153. The smallest absolute Gasteiger partial charge is 0.157 e. The van der Waals surface area contributed by atoms with Crippen LogP contribution in [0.4, 0.5) is 0 Å². The van der Waals surface area contributed by atoms with Gasteiger partial charge in [-0.2, -0.15) is 0 Å². The first-order chi connectivity index (χ1) is 3.80. The average Bonchev–Trinajstić information content (AvgIpc) is 1.77. The fourth-order valence-electron chi connectivity index (χ4n) is 0.464. The number of benzene rings is 1. The van der Waals surface area contributed by atoms with E-state index in [4.69, 9.17) is 10.2 Å². The quantitative estimate of drug-likeness (QED) is 0.455. The van der Waals surface area contributed by atoms with Crippen molar-refractivity contribution in [2.75, 3.05) is 0 Å². The molecule has 4 heteroatoms. The number of hydrogen-bond donors (Lipinski definition) is 2. The molecule has 10 heavy (non-hydrogen) atoms. The number of para-hydroxylation sites is 2. The molecule has 1 aromatic rings. The minimum absolute atomic E-state index is 0. The number of phenols is 2. The summed E-state index contributed by atoms with van der Waals surface area (Å²) in [5.41, 5.74) is 0. The van der Waals surface area contributed by atoms with Gasteiger partial charge in [0.25, 0.3) is 0 Å². The summed E-state index contributed by atoms with van der Waals surface area (Å²) in [5, 5.41) is 17.3. The molecule has 44 valence electrons. The molecule has 0 aliphatic rings. The van der Waals surface area contributed by atoms with Crippen molar-refractivity contribution in [3.63, 3.8) is 0 Å². The van der Waals surface area contributed by atoms with Crippen molar-refractivity contribution in [3.05, 3.63) is 24.3 Å². The van der Waals surface area contributed by atoms with Crippen LogP contribution in [-0.2, 0) is 0 Å². The van der Waals surface area contributed by atoms with Crippen molar-refractivity contribution in [1.82, 2.24) is 0 Å². The largest absolute Gasteiger partial charge is 0.504 e. The summed E-state index contributed by atoms with van der Waals surface area (Å²) in [6, 6.07) is 6.15. The van der Waals surface area contributed by atoms with E-state index < -0.39 is 0 Å². The number of rotatable bonds is 0. The zero-order valence-electron chi connectivity index (χ0n) is 6.20. The molecule has 0 saturated carbocycles. The number of hydrogen-bond acceptors (Lipinski definition) is 2. The Bertz CT molecular complexity index is 170. The third-order valence-corrected chi connectivity index (χ3v) is 0.882. The summed E-state index contributed by atoms with van der Waals surface area (Å²) in [6.07, 6.45) is 0. The molecule has 0 amide bonds. The van der Waals surface area contributed by atoms with Gasteiger partial charge in [-0.3, -0.25) is 0 Å². The Kier molecular flexibility index (Phi) is 11.3. The molecule has 0 heterocycles. The Hall–Kier alpha value is 2.09. The molecule has 0 aliphatic carbocycles. The van der Waals surface area contributed by atoms with Crippen LogP contribution in [0.25, 0.3) is 0 Å². The first-order valence-corrected chi connectivity index (χ1v) is 2.27. The number of phenolic OH excluding ortho intramolecular Hbond substituents is 2. The normalized spacial score (nSPS) is 7.20. The third-order valence-electron chi connectivity index (χ3n) is 0.882. The van der Waals surface area contributed by atoms with Crippen LogP contribution in [0.3, 0.4) is 0 Å². The second-order valence-corrected chi connectivity index (χ2v) is 1.49. The SMILES string of the molecule is Oc1ccccc1O.[K].[K]. The molecule has 2 radical (unpaired) electrons. The third kappa shape index (κ3) is 4.87. The van der Waals surface area contributed by atoms with Gasteiger partial charge in [-0.05, 0) is 12.1 Å². The van der Waals surface area contributed by atoms with Crippen molar-refractivity contribution in [2.24, 2.45) is 0 Å². The predicted molar refractivity (Wildman–Crippen MR) is 41.3 cm³/mol. The van der Waals surface area contributed by atoms with E-state index in [0.29, 0.717) is 0 Å². The Labute approximate surface area is 145 Å². The minimum Gasteiger partial charge on any atom is -0.504 e. The first kappa shape index (κ1) is 14.6. The maximum atomic E-state index is 8.67. The second-order valence-electron chi connectivity index (χ2n) is 1.49. The summed E-state index contributed by atoms with van der Waals surface area (Å²) >= 11 is 0. The molecular weight excluding hydrogens is 182 g/mol. The monoisotopic (exact) mass is 188 g/mol. The molecule has 0 unspecified atom stereocenters. The van der Waals surface area contributed by atoms with Crippen molar-refractivity contribution >= 4 is 103 Å². The molecule has 0 atom stereocenters. The molecule has 0 aromatic heterocycles. The van der Waals surface area contributed by atoms with Gasteiger partial charge in [0.1, 0.15) is 0 Å². The van der Waals surface area contributed by atoms with Gasteiger partial charge in [-0.15, -0.1) is 0 Å². The molecule has 2 nitrogen and oxygen atoms in total. The fraction of sp³-hybridized carbons (Fsp3) is 0. The van der Waals surface area contributed by atoms with E-state index in [2.05, 4.69) is 0 Å². The van der Waals surface area contributed by atoms with Gasteiger partial charge in [0, 0.05) is 103 Å². The zero-order chi connectivity index (χ0) is 5.98. The Morgan fingerprint density at radius 3 is 1.30 bits per heavy atom. The molecule has 0 bridgehead atoms. The first-order valence-electron chi connectivity index (χ1n) is 2.27. The fourth-order valence-corrected chi connectivity index (χ4v) is 0.464. The Morgan fingerprint density at radius 1 is 0.800 bits per heavy atom. The Balaban J connectivity index is 0. The van der Waals surface area contributed by atoms with E-state index in [1.165, 1.54) is 12.1 Å². The van der Waals surface area contributed by atoms with Gasteiger partial charge in [-0.1, -0.05) is 12.1 Å². The van der Waals surface area contributed by atoms with Crippen LogP contribution in [0, 0.1) is 0 Å². The Morgan fingerprint density at radius 2 is 1.10 bits per heavy atom. The summed E-state index contributed by atoms with van der Waals surface area (Å²) in [6.45, 7) is 0. The summed E-state index contributed by atoms with van der Waals surface area (Å²) in [4.78, 5) is 0. The van der Waals surface area contributed by atoms with Gasteiger partial charge in [0.2, 0.25) is 0 Å². The van der Waals surface area contributed by atoms with Crippen molar-refractivity contribution in [3.8, 4) is 11.5 Å². The van der Waals surface area contributed by atoms with Gasteiger partial charge in [0.05, 0.1) is 0 Å². The molecule has 0 saturated heterocycles. The van der Waals surface area contributed by atoms with E-state index >= 15 is 0 Å². The maximum absolute atomic E-state index is 8.67. The second kappa shape index (κ2) is 7.73. The van der Waals surface area contributed by atoms with Crippen molar-refractivity contribution < 1.29 is 10.2 Å². The van der Waals surface area contributed by atoms with Crippen LogP contribution in [0.1, 0.15) is 0 Å². The van der Waals surface area contributed by atoms with Gasteiger partial charge in [0.15, 0.2) is 11.5 Å². The molecule has 0 fully saturated rings. The molecule has 2 N–H and O–H groups in total. The molecule has 1 rings (SSSR count). The number of aromatic hydroxyl groups is 2. The van der Waals surface area contributed by atoms with Gasteiger partial charge < -0.3 is 10.2 Å². The molecule has 0 aliphatic heterocycles. The van der Waals surface area contributed by atoms with Crippen LogP contribution in [0.5, 0.6) is 11.5 Å².